The zero-order chi connectivity index (χ0) is 21.8. The van der Waals surface area contributed by atoms with Crippen molar-refractivity contribution in [3.63, 3.8) is 0 Å². The van der Waals surface area contributed by atoms with Gasteiger partial charge in [-0.2, -0.15) is 5.10 Å². The van der Waals surface area contributed by atoms with Crippen LogP contribution < -0.4 is 5.32 Å². The lowest BCUT2D eigenvalue weighted by Crippen LogP contribution is -2.38. The Morgan fingerprint density at radius 1 is 1.21 bits per heavy atom. The van der Waals surface area contributed by atoms with Crippen LogP contribution in [0.3, 0.4) is 0 Å². The highest BCUT2D eigenvalue weighted by molar-refractivity contribution is 6.42. The van der Waals surface area contributed by atoms with Gasteiger partial charge in [0.2, 0.25) is 11.8 Å². The van der Waals surface area contributed by atoms with E-state index in [1.807, 2.05) is 26.8 Å². The predicted molar refractivity (Wildman–Crippen MR) is 115 cm³/mol. The molecule has 158 valence electrons. The molecule has 0 bridgehead atoms. The van der Waals surface area contributed by atoms with E-state index < -0.39 is 0 Å². The number of hydrogen-bond acceptors (Lipinski definition) is 4. The number of hydrogen-bond donors (Lipinski definition) is 1. The van der Waals surface area contributed by atoms with Gasteiger partial charge in [0.25, 0.3) is 0 Å². The smallest absolute Gasteiger partial charge is 0.245 e. The van der Waals surface area contributed by atoms with E-state index in [4.69, 9.17) is 27.9 Å². The molecule has 0 unspecified atom stereocenters. The van der Waals surface area contributed by atoms with E-state index >= 15 is 0 Å². The first-order valence-electron chi connectivity index (χ1n) is 9.13. The topological polar surface area (TPSA) is 76.5 Å². The van der Waals surface area contributed by atoms with Crippen molar-refractivity contribution < 1.29 is 14.3 Å². The van der Waals surface area contributed by atoms with E-state index in [9.17, 15) is 9.59 Å². The number of nitrogens with one attached hydrogen (secondary N) is 1. The lowest BCUT2D eigenvalue weighted by atomic mass is 9.92. The van der Waals surface area contributed by atoms with Crippen molar-refractivity contribution in [2.75, 3.05) is 32.1 Å². The largest absolute Gasteiger partial charge is 0.383 e. The summed E-state index contributed by atoms with van der Waals surface area (Å²) in [6.45, 7) is 8.10. The van der Waals surface area contributed by atoms with Gasteiger partial charge in [-0.15, -0.1) is 0 Å². The van der Waals surface area contributed by atoms with Crippen LogP contribution >= 0.6 is 23.2 Å². The molecule has 0 saturated heterocycles. The van der Waals surface area contributed by atoms with Crippen LogP contribution in [-0.2, 0) is 19.7 Å². The molecule has 1 N–H and O–H groups in total. The molecule has 0 saturated carbocycles. The summed E-state index contributed by atoms with van der Waals surface area (Å²) in [5.74, 6) is -0.0582. The number of methoxy groups -OCH3 is 1. The van der Waals surface area contributed by atoms with Crippen LogP contribution in [0.1, 0.15) is 33.4 Å². The average Bonchev–Trinajstić information content (AvgIpc) is 3.04. The average molecular weight is 441 g/mol. The van der Waals surface area contributed by atoms with Crippen molar-refractivity contribution in [2.24, 2.45) is 0 Å². The summed E-state index contributed by atoms with van der Waals surface area (Å²) in [6.07, 6.45) is 0. The molecule has 1 heterocycles. The summed E-state index contributed by atoms with van der Waals surface area (Å²) in [5.41, 5.74) is 1.22. The van der Waals surface area contributed by atoms with Gasteiger partial charge in [0.05, 0.1) is 34.6 Å². The second-order valence-electron chi connectivity index (χ2n) is 7.66. The predicted octanol–water partition coefficient (Wildman–Crippen LogP) is 3.91. The Morgan fingerprint density at radius 3 is 2.45 bits per heavy atom. The molecule has 0 aliphatic heterocycles. The maximum Gasteiger partial charge on any atom is 0.245 e. The van der Waals surface area contributed by atoms with E-state index in [-0.39, 0.29) is 23.8 Å². The third-order valence-electron chi connectivity index (χ3n) is 4.24. The molecule has 29 heavy (non-hydrogen) atoms. The summed E-state index contributed by atoms with van der Waals surface area (Å²) in [4.78, 5) is 25.8. The Hall–Kier alpha value is -2.09. The van der Waals surface area contributed by atoms with E-state index in [1.165, 1.54) is 11.8 Å². The monoisotopic (exact) mass is 440 g/mol. The summed E-state index contributed by atoms with van der Waals surface area (Å²) >= 11 is 12.2. The van der Waals surface area contributed by atoms with Crippen LogP contribution in [0.25, 0.3) is 5.69 Å². The zero-order valence-corrected chi connectivity index (χ0v) is 18.8. The maximum atomic E-state index is 12.6. The van der Waals surface area contributed by atoms with Crippen LogP contribution in [0.15, 0.2) is 24.3 Å². The van der Waals surface area contributed by atoms with Crippen molar-refractivity contribution in [3.8, 4) is 5.69 Å². The molecule has 9 heteroatoms. The Balaban J connectivity index is 2.33. The number of nitrogens with zero attached hydrogens (tertiary/aromatic N) is 3. The van der Waals surface area contributed by atoms with Crippen molar-refractivity contribution in [2.45, 2.75) is 33.1 Å². The molecule has 2 aromatic rings. The van der Waals surface area contributed by atoms with E-state index in [0.717, 1.165) is 5.69 Å². The fraction of sp³-hybridized carbons (Fsp3) is 0.450. The highest BCUT2D eigenvalue weighted by Crippen LogP contribution is 2.29. The van der Waals surface area contributed by atoms with Crippen molar-refractivity contribution in [1.29, 1.82) is 0 Å². The first-order valence-corrected chi connectivity index (χ1v) is 9.88. The normalized spacial score (nSPS) is 11.4. The van der Waals surface area contributed by atoms with E-state index in [2.05, 4.69) is 10.4 Å². The standard InChI is InChI=1S/C20H26Cl2N4O3/c1-13(27)25(8-9-29-5)12-19(28)23-18-11-17(20(2,3)4)24-26(18)14-6-7-15(21)16(22)10-14/h6-7,10-11H,8-9,12H2,1-5H3,(H,23,28). The fourth-order valence-electron chi connectivity index (χ4n) is 2.56. The van der Waals surface area contributed by atoms with Crippen molar-refractivity contribution in [3.05, 3.63) is 40.0 Å². The summed E-state index contributed by atoms with van der Waals surface area (Å²) < 4.78 is 6.60. The first kappa shape index (κ1) is 23.2. The third kappa shape index (κ3) is 6.19. The number of anilines is 1. The highest BCUT2D eigenvalue weighted by Gasteiger charge is 2.22. The SMILES string of the molecule is COCCN(CC(=O)Nc1cc(C(C)(C)C)nn1-c1ccc(Cl)c(Cl)c1)C(C)=O. The third-order valence-corrected chi connectivity index (χ3v) is 4.98. The van der Waals surface area contributed by atoms with Gasteiger partial charge in [-0.1, -0.05) is 44.0 Å². The molecule has 0 aliphatic carbocycles. The van der Waals surface area contributed by atoms with Crippen LogP contribution in [0.2, 0.25) is 10.0 Å². The van der Waals surface area contributed by atoms with Gasteiger partial charge < -0.3 is 15.0 Å². The molecule has 1 aromatic carbocycles. The number of aromatic nitrogens is 2. The Labute approximate surface area is 180 Å². The second kappa shape index (κ2) is 9.61. The van der Waals surface area contributed by atoms with Gasteiger partial charge in [-0.25, -0.2) is 4.68 Å². The molecule has 0 aliphatic rings. The number of ether oxygens (including phenoxy) is 1. The molecule has 1 aromatic heterocycles. The number of carbonyl (C=O) groups is 2. The Bertz CT molecular complexity index is 890. The number of benzene rings is 1. The molecule has 0 atom stereocenters. The van der Waals surface area contributed by atoms with Gasteiger partial charge in [-0.3, -0.25) is 9.59 Å². The molecule has 0 spiro atoms. The van der Waals surface area contributed by atoms with Crippen LogP contribution in [-0.4, -0.2) is 53.3 Å². The van der Waals surface area contributed by atoms with Gasteiger partial charge in [0.15, 0.2) is 0 Å². The first-order chi connectivity index (χ1) is 13.5. The lowest BCUT2D eigenvalue weighted by molar-refractivity contribution is -0.133. The Morgan fingerprint density at radius 2 is 1.90 bits per heavy atom. The molecular weight excluding hydrogens is 415 g/mol. The van der Waals surface area contributed by atoms with Crippen LogP contribution in [0.5, 0.6) is 0 Å². The minimum absolute atomic E-state index is 0.0872. The van der Waals surface area contributed by atoms with Crippen LogP contribution in [0.4, 0.5) is 5.82 Å². The van der Waals surface area contributed by atoms with Crippen molar-refractivity contribution in [1.82, 2.24) is 14.7 Å². The zero-order valence-electron chi connectivity index (χ0n) is 17.3. The molecule has 7 nitrogen and oxygen atoms in total. The minimum atomic E-state index is -0.335. The molecular formula is C20H26Cl2N4O3. The lowest BCUT2D eigenvalue weighted by Gasteiger charge is -2.20. The van der Waals surface area contributed by atoms with Gasteiger partial charge in [0, 0.05) is 32.1 Å². The van der Waals surface area contributed by atoms with Gasteiger partial charge in [0.1, 0.15) is 5.82 Å². The Kier molecular flexibility index (Phi) is 7.68. The molecule has 2 amide bonds. The van der Waals surface area contributed by atoms with E-state index in [0.29, 0.717) is 34.7 Å². The van der Waals surface area contributed by atoms with Crippen molar-refractivity contribution >= 4 is 40.8 Å². The number of amides is 2. The second-order valence-corrected chi connectivity index (χ2v) is 8.47. The van der Waals surface area contributed by atoms with Gasteiger partial charge in [-0.05, 0) is 18.2 Å². The number of rotatable bonds is 7. The van der Waals surface area contributed by atoms with E-state index in [1.54, 1.807) is 30.0 Å². The van der Waals surface area contributed by atoms with Crippen LogP contribution in [0, 0.1) is 0 Å². The maximum absolute atomic E-state index is 12.6. The van der Waals surface area contributed by atoms with Gasteiger partial charge >= 0.3 is 0 Å². The minimum Gasteiger partial charge on any atom is -0.383 e. The number of carbonyl (C=O) groups excluding carboxylic acids is 2. The fourth-order valence-corrected chi connectivity index (χ4v) is 2.85. The quantitative estimate of drug-likeness (QED) is 0.707. The summed E-state index contributed by atoms with van der Waals surface area (Å²) in [6, 6.07) is 6.93. The molecule has 0 fully saturated rings. The molecule has 0 radical (unpaired) electrons. The summed E-state index contributed by atoms with van der Waals surface area (Å²) in [7, 11) is 1.54. The number of halogens is 2. The highest BCUT2D eigenvalue weighted by atomic mass is 35.5. The molecule has 2 rings (SSSR count). The summed E-state index contributed by atoms with van der Waals surface area (Å²) in [5, 5.41) is 8.30.